The zero-order valence-electron chi connectivity index (χ0n) is 57.5. The Morgan fingerprint density at radius 1 is 0.525 bits per heavy atom. The van der Waals surface area contributed by atoms with Crippen LogP contribution in [0.15, 0.2) is 121 Å². The molecule has 6 N–H and O–H groups in total. The Bertz CT molecular complexity index is 4120. The highest BCUT2D eigenvalue weighted by molar-refractivity contribution is 6.04. The van der Waals surface area contributed by atoms with Crippen molar-refractivity contribution in [1.29, 1.82) is 0 Å². The summed E-state index contributed by atoms with van der Waals surface area (Å²) in [5, 5.41) is 17.7. The highest BCUT2D eigenvalue weighted by atomic mass is 16.5. The third-order valence-electron chi connectivity index (χ3n) is 18.9. The van der Waals surface area contributed by atoms with Gasteiger partial charge in [-0.25, -0.2) is 9.97 Å². The van der Waals surface area contributed by atoms with Crippen molar-refractivity contribution in [1.82, 2.24) is 71.3 Å². The van der Waals surface area contributed by atoms with E-state index < -0.39 is 152 Å². The number of rotatable bonds is 11. The summed E-state index contributed by atoms with van der Waals surface area (Å²) in [5.74, 6) is -9.25. The SMILES string of the molecule is CC(C)[C@H]1C(=O)NC[C@@H](NC(=O)c2nc3ccccc3cc2OCc2ccccc2)C(=O)N2CCCC[C@H]2C(=O)NCC(=O)N(C)CC(=O)N(C)C2(CC2)C(=O)NC[C@@H](NC(=O)c2nc3ccccc3cc2OCc2ccccc2)C(=O)N2CCCC[C@H]2C(=O)NCC(=O)N(C)CC(=O)N1C. The monoisotopic (exact) mass is 1380 g/mol. The number of fused-ring (bicyclic) bond motifs is 4. The molecule has 5 heterocycles. The molecular formula is C73H86N14O14. The molecule has 0 bridgehead atoms. The van der Waals surface area contributed by atoms with Crippen LogP contribution in [0.25, 0.3) is 21.8 Å². The maximum Gasteiger partial charge on any atom is 0.274 e. The first-order valence-electron chi connectivity index (χ1n) is 34.0. The van der Waals surface area contributed by atoms with E-state index in [9.17, 15) is 47.9 Å². The third-order valence-corrected chi connectivity index (χ3v) is 18.9. The van der Waals surface area contributed by atoms with Crippen LogP contribution in [0.4, 0.5) is 0 Å². The second-order valence-electron chi connectivity index (χ2n) is 26.3. The first-order chi connectivity index (χ1) is 48.5. The first-order valence-corrected chi connectivity index (χ1v) is 34.0. The zero-order valence-corrected chi connectivity index (χ0v) is 57.5. The van der Waals surface area contributed by atoms with Crippen molar-refractivity contribution in [3.63, 3.8) is 0 Å². The molecule has 1 spiro atoms. The fourth-order valence-electron chi connectivity index (χ4n) is 12.8. The van der Waals surface area contributed by atoms with Gasteiger partial charge < -0.3 is 70.8 Å². The lowest BCUT2D eigenvalue weighted by Crippen LogP contribution is -2.61. The van der Waals surface area contributed by atoms with Gasteiger partial charge in [-0.1, -0.05) is 111 Å². The molecule has 1 aliphatic carbocycles. The fraction of sp³-hybridized carbons (Fsp3) is 0.425. The van der Waals surface area contributed by atoms with Gasteiger partial charge in [-0.2, -0.15) is 0 Å². The number of nitrogens with one attached hydrogen (secondary N) is 6. The summed E-state index contributed by atoms with van der Waals surface area (Å²) < 4.78 is 12.5. The highest BCUT2D eigenvalue weighted by Crippen LogP contribution is 2.41. The molecule has 28 heteroatoms. The average molecular weight is 1380 g/mol. The minimum Gasteiger partial charge on any atom is -0.486 e. The molecule has 10 rings (SSSR count). The Balaban J connectivity index is 0.916. The lowest BCUT2D eigenvalue weighted by Gasteiger charge is -2.37. The van der Waals surface area contributed by atoms with E-state index in [1.54, 1.807) is 74.5 Å². The van der Waals surface area contributed by atoms with Crippen molar-refractivity contribution in [2.45, 2.75) is 114 Å². The van der Waals surface area contributed by atoms with E-state index in [1.807, 2.05) is 60.7 Å². The summed E-state index contributed by atoms with van der Waals surface area (Å²) >= 11 is 0. The van der Waals surface area contributed by atoms with Crippen LogP contribution in [0.1, 0.15) is 97.3 Å². The molecule has 532 valence electrons. The zero-order chi connectivity index (χ0) is 72.1. The number of carbonyl (C=O) groups is 12. The molecule has 0 unspecified atom stereocenters. The number of amides is 12. The van der Waals surface area contributed by atoms with E-state index in [-0.39, 0.29) is 74.9 Å². The largest absolute Gasteiger partial charge is 0.486 e. The molecule has 4 aliphatic rings. The fourth-order valence-corrected chi connectivity index (χ4v) is 12.8. The molecule has 28 nitrogen and oxygen atoms in total. The number of hydrogen-bond donors (Lipinski definition) is 6. The van der Waals surface area contributed by atoms with E-state index in [2.05, 4.69) is 41.9 Å². The van der Waals surface area contributed by atoms with Gasteiger partial charge in [-0.3, -0.25) is 57.5 Å². The van der Waals surface area contributed by atoms with E-state index in [0.717, 1.165) is 25.8 Å². The van der Waals surface area contributed by atoms with Crippen molar-refractivity contribution >= 4 is 92.7 Å². The Kier molecular flexibility index (Phi) is 23.6. The molecule has 0 radical (unpaired) electrons. The lowest BCUT2D eigenvalue weighted by atomic mass is 9.99. The predicted octanol–water partition coefficient (Wildman–Crippen LogP) is 2.47. The standard InChI is InChI=1S/C73H86N14O14/c1-45(2)64-69(96)74-37-52(80-67(94)62-56(100-43-46-21-9-7-10-22-46)35-48-25-13-15-27-50(48)78-62)70(97)86-33-19-17-29-54(86)65(92)76-40-59(89)83(4)42-61(91)85(6)73(31-32-73)72(99)77-38-53(71(98)87-34-20-18-30-55(87)66(93)75-39-58(88)82(3)41-60(90)84(64)5)81-68(95)63-57(101-44-47-23-11-8-12-24-47)36-49-26-14-16-28-51(49)79-63/h7-16,21-28,35-36,45,52-55,64H,17-20,29-34,37-44H2,1-6H3,(H,74,96)(H,75,93)(H,76,92)(H,77,99)(H,80,94)(H,81,95)/t52-,53-,54+,55+,64+/m1/s1. The smallest absolute Gasteiger partial charge is 0.274 e. The number of carbonyl (C=O) groups excluding carboxylic acids is 12. The Hall–Kier alpha value is -11.1. The quantitative estimate of drug-likeness (QED) is 0.109. The van der Waals surface area contributed by atoms with Gasteiger partial charge in [0.1, 0.15) is 49.0 Å². The van der Waals surface area contributed by atoms with Gasteiger partial charge in [0.2, 0.25) is 59.1 Å². The summed E-state index contributed by atoms with van der Waals surface area (Å²) in [5.41, 5.74) is 0.644. The lowest BCUT2D eigenvalue weighted by molar-refractivity contribution is -0.146. The van der Waals surface area contributed by atoms with Crippen molar-refractivity contribution in [3.8, 4) is 11.5 Å². The normalized spacial score (nSPS) is 21.6. The summed E-state index contributed by atoms with van der Waals surface area (Å²) in [4.78, 5) is 190. The summed E-state index contributed by atoms with van der Waals surface area (Å²) in [6, 6.07) is 29.1. The van der Waals surface area contributed by atoms with Gasteiger partial charge in [-0.05, 0) is 92.7 Å². The Morgan fingerprint density at radius 2 is 0.950 bits per heavy atom. The second kappa shape index (κ2) is 32.7. The average Bonchev–Trinajstić information content (AvgIpc) is 1.58. The molecule has 12 amide bonds. The number of benzene rings is 4. The number of nitrogens with zero attached hydrogens (tertiary/aromatic N) is 8. The molecule has 5 atom stereocenters. The van der Waals surface area contributed by atoms with Crippen LogP contribution in [-0.4, -0.2) is 227 Å². The van der Waals surface area contributed by atoms with Crippen LogP contribution in [0.2, 0.25) is 0 Å². The summed E-state index contributed by atoms with van der Waals surface area (Å²) in [6.07, 6.45) is 2.54. The third kappa shape index (κ3) is 17.5. The van der Waals surface area contributed by atoms with Gasteiger partial charge in [0.05, 0.1) is 37.2 Å². The van der Waals surface area contributed by atoms with Gasteiger partial charge in [-0.15, -0.1) is 0 Å². The molecule has 4 fully saturated rings. The second-order valence-corrected chi connectivity index (χ2v) is 26.3. The van der Waals surface area contributed by atoms with Crippen LogP contribution >= 0.6 is 0 Å². The van der Waals surface area contributed by atoms with Crippen LogP contribution in [0.3, 0.4) is 0 Å². The van der Waals surface area contributed by atoms with Crippen molar-refractivity contribution in [3.05, 3.63) is 144 Å². The van der Waals surface area contributed by atoms with Crippen LogP contribution in [-0.2, 0) is 61.2 Å². The van der Waals surface area contributed by atoms with Gasteiger partial charge in [0.25, 0.3) is 11.8 Å². The molecule has 101 heavy (non-hydrogen) atoms. The number of ether oxygens (including phenoxy) is 2. The molecule has 3 saturated heterocycles. The number of hydrogen-bond acceptors (Lipinski definition) is 16. The van der Waals surface area contributed by atoms with Crippen molar-refractivity contribution in [2.75, 3.05) is 80.5 Å². The van der Waals surface area contributed by atoms with Crippen molar-refractivity contribution < 1.29 is 67.0 Å². The van der Waals surface area contributed by atoms with Crippen LogP contribution in [0, 0.1) is 5.92 Å². The Labute approximate surface area is 584 Å². The van der Waals surface area contributed by atoms with E-state index >= 15 is 9.59 Å². The van der Waals surface area contributed by atoms with Gasteiger partial charge in [0.15, 0.2) is 22.9 Å². The first kappa shape index (κ1) is 72.7. The molecule has 3 aliphatic heterocycles. The topological polar surface area (TPSA) is 341 Å². The van der Waals surface area contributed by atoms with Crippen LogP contribution in [0.5, 0.6) is 11.5 Å². The molecule has 6 aromatic rings. The van der Waals surface area contributed by atoms with Crippen LogP contribution < -0.4 is 41.4 Å². The predicted molar refractivity (Wildman–Crippen MR) is 370 cm³/mol. The van der Waals surface area contributed by atoms with E-state index in [0.29, 0.717) is 47.5 Å². The minimum absolute atomic E-state index is 0.0297. The van der Waals surface area contributed by atoms with E-state index in [4.69, 9.17) is 9.47 Å². The molecule has 4 aromatic carbocycles. The Morgan fingerprint density at radius 3 is 1.40 bits per heavy atom. The highest BCUT2D eigenvalue weighted by Gasteiger charge is 2.55. The number of pyridine rings is 2. The van der Waals surface area contributed by atoms with Crippen molar-refractivity contribution in [2.24, 2.45) is 5.92 Å². The van der Waals surface area contributed by atoms with E-state index in [1.165, 1.54) is 42.9 Å². The summed E-state index contributed by atoms with van der Waals surface area (Å²) in [6.45, 7) is 0.0924. The molecule has 1 saturated carbocycles. The maximum atomic E-state index is 15.2. The minimum atomic E-state index is -1.58. The van der Waals surface area contributed by atoms with Gasteiger partial charge in [0, 0.05) is 65.1 Å². The number of piperidine rings is 2. The maximum absolute atomic E-state index is 15.2. The number of likely N-dealkylation sites (N-methyl/N-ethyl adjacent to an activating group) is 4. The molecule has 2 aromatic heterocycles. The number of para-hydroxylation sites is 2. The molecular weight excluding hydrogens is 1300 g/mol. The summed E-state index contributed by atoms with van der Waals surface area (Å²) in [7, 11) is 5.45. The van der Waals surface area contributed by atoms with Gasteiger partial charge >= 0.3 is 0 Å². The number of aromatic nitrogens is 2.